The van der Waals surface area contributed by atoms with Crippen LogP contribution in [-0.4, -0.2) is 50.3 Å². The summed E-state index contributed by atoms with van der Waals surface area (Å²) in [6, 6.07) is 9.79. The van der Waals surface area contributed by atoms with E-state index in [4.69, 9.17) is 9.47 Å². The van der Waals surface area contributed by atoms with Crippen molar-refractivity contribution in [3.8, 4) is 5.75 Å². The summed E-state index contributed by atoms with van der Waals surface area (Å²) in [5.41, 5.74) is 3.15. The fourth-order valence-electron chi connectivity index (χ4n) is 4.97. The van der Waals surface area contributed by atoms with E-state index in [1.165, 1.54) is 4.90 Å². The number of esters is 1. The van der Waals surface area contributed by atoms with Gasteiger partial charge in [0.25, 0.3) is 5.78 Å². The number of thiazole rings is 1. The van der Waals surface area contributed by atoms with E-state index in [1.54, 1.807) is 45.0 Å². The van der Waals surface area contributed by atoms with Gasteiger partial charge in [0, 0.05) is 6.20 Å². The van der Waals surface area contributed by atoms with Crippen LogP contribution in [0.2, 0.25) is 0 Å². The number of unbranched alkanes of at least 4 members (excludes halogenated alkanes) is 1. The van der Waals surface area contributed by atoms with Crippen molar-refractivity contribution in [3.63, 3.8) is 0 Å². The lowest BCUT2D eigenvalue weighted by molar-refractivity contribution is -0.132. The van der Waals surface area contributed by atoms with Crippen LogP contribution in [0.25, 0.3) is 11.4 Å². The molecule has 3 aromatic heterocycles. The third kappa shape index (κ3) is 5.04. The minimum absolute atomic E-state index is 0.116. The first-order valence-corrected chi connectivity index (χ1v) is 14.6. The van der Waals surface area contributed by atoms with E-state index in [0.717, 1.165) is 29.7 Å². The molecule has 0 saturated carbocycles. The number of rotatable bonds is 9. The van der Waals surface area contributed by atoms with Gasteiger partial charge in [-0.1, -0.05) is 42.9 Å². The molecule has 4 aromatic rings. The Morgan fingerprint density at radius 2 is 1.81 bits per heavy atom. The number of aliphatic hydroxyl groups is 1. The molecule has 1 N–H and O–H groups in total. The molecule has 5 rings (SSSR count). The minimum atomic E-state index is -1.03. The number of aliphatic hydroxyl groups excluding tert-OH is 1. The molecule has 1 atom stereocenters. The summed E-state index contributed by atoms with van der Waals surface area (Å²) in [7, 11) is 0. The summed E-state index contributed by atoms with van der Waals surface area (Å²) in [6.45, 7) is 9.86. The second-order valence-corrected chi connectivity index (χ2v) is 11.0. The number of aromatic nitrogens is 3. The normalized spacial score (nSPS) is 16.4. The number of amides is 1. The van der Waals surface area contributed by atoms with Crippen molar-refractivity contribution >= 4 is 45.5 Å². The van der Waals surface area contributed by atoms with Gasteiger partial charge in [-0.3, -0.25) is 14.5 Å². The number of ketones is 1. The van der Waals surface area contributed by atoms with Crippen LogP contribution in [-0.2, 0) is 14.3 Å². The van der Waals surface area contributed by atoms with Crippen molar-refractivity contribution in [1.82, 2.24) is 14.4 Å². The smallest absolute Gasteiger partial charge is 0.350 e. The summed E-state index contributed by atoms with van der Waals surface area (Å²) in [6.07, 6.45) is 3.73. The number of benzene rings is 1. The minimum Gasteiger partial charge on any atom is -0.505 e. The van der Waals surface area contributed by atoms with Gasteiger partial charge in [0.1, 0.15) is 22.0 Å². The molecule has 0 bridgehead atoms. The Morgan fingerprint density at radius 3 is 2.48 bits per heavy atom. The average Bonchev–Trinajstić information content (AvgIpc) is 3.61. The summed E-state index contributed by atoms with van der Waals surface area (Å²) < 4.78 is 12.8. The highest BCUT2D eigenvalue weighted by atomic mass is 32.1. The number of ether oxygens (including phenoxy) is 2. The molecule has 1 aromatic carbocycles. The van der Waals surface area contributed by atoms with Gasteiger partial charge in [0.2, 0.25) is 0 Å². The Balaban J connectivity index is 1.67. The van der Waals surface area contributed by atoms with E-state index < -0.39 is 23.7 Å². The molecular formula is C31H32N4O6S. The zero-order chi connectivity index (χ0) is 30.1. The number of fused-ring (bicyclic) bond motifs is 1. The summed E-state index contributed by atoms with van der Waals surface area (Å²) >= 11 is 0.963. The first-order chi connectivity index (χ1) is 20.2. The lowest BCUT2D eigenvalue weighted by Crippen LogP contribution is -2.29. The van der Waals surface area contributed by atoms with Crippen molar-refractivity contribution in [1.29, 1.82) is 0 Å². The fourth-order valence-corrected chi connectivity index (χ4v) is 5.96. The molecule has 11 heteroatoms. The van der Waals surface area contributed by atoms with Crippen LogP contribution < -0.4 is 9.64 Å². The largest absolute Gasteiger partial charge is 0.505 e. The highest BCUT2D eigenvalue weighted by Crippen LogP contribution is 2.44. The standard InChI is InChI=1S/C31H32N4O6S/c1-6-8-16-41-21-13-11-20(12-14-21)24-22(25(36)23-19(5)34-15-9-10-17(3)28(34)33-23)26(37)29(38)35(24)31-32-18(4)27(42-31)30(39)40-7-2/h9-15,24,36H,6-8,16H2,1-5H3. The predicted octanol–water partition coefficient (Wildman–Crippen LogP) is 5.70. The molecule has 1 aliphatic rings. The van der Waals surface area contributed by atoms with E-state index >= 15 is 0 Å². The number of carbonyl (C=O) groups is 3. The number of imidazole rings is 1. The van der Waals surface area contributed by atoms with Crippen LogP contribution in [0.15, 0.2) is 48.2 Å². The Hall–Kier alpha value is -4.51. The van der Waals surface area contributed by atoms with Gasteiger partial charge in [-0.2, -0.15) is 0 Å². The average molecular weight is 589 g/mol. The molecule has 218 valence electrons. The first-order valence-electron chi connectivity index (χ1n) is 13.8. The third-order valence-electron chi connectivity index (χ3n) is 7.17. The fraction of sp³-hybridized carbons (Fsp3) is 0.323. The number of hydrogen-bond donors (Lipinski definition) is 1. The summed E-state index contributed by atoms with van der Waals surface area (Å²) in [4.78, 5) is 50.4. The number of aryl methyl sites for hydroxylation is 3. The van der Waals surface area contributed by atoms with E-state index in [2.05, 4.69) is 16.9 Å². The molecule has 1 aliphatic heterocycles. The van der Waals surface area contributed by atoms with E-state index in [0.29, 0.717) is 35.0 Å². The molecule has 0 aliphatic carbocycles. The molecule has 1 amide bonds. The van der Waals surface area contributed by atoms with Crippen LogP contribution >= 0.6 is 11.3 Å². The number of carbonyl (C=O) groups excluding carboxylic acids is 3. The molecule has 1 saturated heterocycles. The summed E-state index contributed by atoms with van der Waals surface area (Å²) in [5, 5.41) is 11.8. The topological polar surface area (TPSA) is 123 Å². The van der Waals surface area contributed by atoms with Gasteiger partial charge >= 0.3 is 11.9 Å². The maximum atomic E-state index is 13.7. The van der Waals surface area contributed by atoms with Crippen molar-refractivity contribution in [2.75, 3.05) is 18.1 Å². The van der Waals surface area contributed by atoms with Gasteiger partial charge in [-0.15, -0.1) is 0 Å². The van der Waals surface area contributed by atoms with Crippen molar-refractivity contribution in [3.05, 3.63) is 81.3 Å². The lowest BCUT2D eigenvalue weighted by Gasteiger charge is -2.23. The Morgan fingerprint density at radius 1 is 1.07 bits per heavy atom. The monoisotopic (exact) mass is 588 g/mol. The highest BCUT2D eigenvalue weighted by Gasteiger charge is 2.49. The van der Waals surface area contributed by atoms with Crippen LogP contribution in [0.1, 0.15) is 70.6 Å². The van der Waals surface area contributed by atoms with E-state index in [9.17, 15) is 19.5 Å². The predicted molar refractivity (Wildman–Crippen MR) is 159 cm³/mol. The van der Waals surface area contributed by atoms with Crippen LogP contribution in [0.4, 0.5) is 5.13 Å². The molecule has 10 nitrogen and oxygen atoms in total. The second-order valence-electron chi connectivity index (χ2n) is 10.0. The molecule has 4 heterocycles. The van der Waals surface area contributed by atoms with Crippen molar-refractivity contribution in [2.45, 2.75) is 53.5 Å². The van der Waals surface area contributed by atoms with Gasteiger partial charge in [-0.05, 0) is 63.4 Å². The lowest BCUT2D eigenvalue weighted by atomic mass is 9.96. The molecule has 0 spiro atoms. The quantitative estimate of drug-likeness (QED) is 0.0869. The summed E-state index contributed by atoms with van der Waals surface area (Å²) in [5.74, 6) is -2.05. The van der Waals surface area contributed by atoms with E-state index in [1.807, 2.05) is 29.7 Å². The number of anilines is 1. The number of pyridine rings is 1. The highest BCUT2D eigenvalue weighted by molar-refractivity contribution is 7.17. The zero-order valence-electron chi connectivity index (χ0n) is 24.1. The van der Waals surface area contributed by atoms with Crippen LogP contribution in [0.5, 0.6) is 5.75 Å². The molecular weight excluding hydrogens is 556 g/mol. The van der Waals surface area contributed by atoms with Crippen LogP contribution in [0.3, 0.4) is 0 Å². The molecule has 42 heavy (non-hydrogen) atoms. The van der Waals surface area contributed by atoms with Crippen molar-refractivity contribution in [2.24, 2.45) is 0 Å². The number of Topliss-reactive ketones (excluding diaryl/α,β-unsaturated/α-hetero) is 1. The SMILES string of the molecule is CCCCOc1ccc(C2C(=C(O)c3nc4c(C)cccn4c3C)C(=O)C(=O)N2c2nc(C)c(C(=O)OCC)s2)cc1. The number of hydrogen-bond acceptors (Lipinski definition) is 9. The maximum Gasteiger partial charge on any atom is 0.350 e. The van der Waals surface area contributed by atoms with E-state index in [-0.39, 0.29) is 33.6 Å². The van der Waals surface area contributed by atoms with Gasteiger partial charge in [0.15, 0.2) is 10.9 Å². The van der Waals surface area contributed by atoms with Crippen molar-refractivity contribution < 1.29 is 29.0 Å². The Bertz CT molecular complexity index is 1720. The number of nitrogens with zero attached hydrogens (tertiary/aromatic N) is 4. The van der Waals surface area contributed by atoms with Gasteiger partial charge < -0.3 is 19.0 Å². The first kappa shape index (κ1) is 29.0. The van der Waals surface area contributed by atoms with Gasteiger partial charge in [0.05, 0.1) is 36.2 Å². The zero-order valence-corrected chi connectivity index (χ0v) is 24.9. The van der Waals surface area contributed by atoms with Crippen LogP contribution in [0, 0.1) is 20.8 Å². The molecule has 1 fully saturated rings. The Labute approximate surface area is 247 Å². The van der Waals surface area contributed by atoms with Gasteiger partial charge in [-0.25, -0.2) is 14.8 Å². The third-order valence-corrected chi connectivity index (χ3v) is 8.30. The maximum absolute atomic E-state index is 13.7. The second kappa shape index (κ2) is 11.8. The Kier molecular flexibility index (Phi) is 8.13. The molecule has 0 radical (unpaired) electrons. The molecule has 1 unspecified atom stereocenters.